The van der Waals surface area contributed by atoms with Gasteiger partial charge in [-0.2, -0.15) is 0 Å². The number of piperidine rings is 1. The SMILES string of the molecule is O=C(Nc1ncncc1Cl)c1cnc2ccc(C3CCNCC3)cn12. The van der Waals surface area contributed by atoms with Crippen molar-refractivity contribution in [1.29, 1.82) is 0 Å². The van der Waals surface area contributed by atoms with E-state index in [1.807, 2.05) is 16.7 Å². The molecule has 0 aromatic carbocycles. The van der Waals surface area contributed by atoms with Gasteiger partial charge in [-0.3, -0.25) is 9.20 Å². The van der Waals surface area contributed by atoms with Gasteiger partial charge in [0.05, 0.1) is 12.4 Å². The molecule has 0 bridgehead atoms. The molecule has 0 saturated carbocycles. The Labute approximate surface area is 149 Å². The van der Waals surface area contributed by atoms with Crippen LogP contribution in [-0.2, 0) is 0 Å². The molecule has 3 aromatic rings. The Morgan fingerprint density at radius 1 is 1.24 bits per heavy atom. The number of pyridine rings is 1. The van der Waals surface area contributed by atoms with Crippen LogP contribution in [0, 0.1) is 0 Å². The summed E-state index contributed by atoms with van der Waals surface area (Å²) >= 11 is 6.01. The molecule has 1 aliphatic heterocycles. The number of carbonyl (C=O) groups excluding carboxylic acids is 1. The molecular formula is C17H17ClN6O. The number of carbonyl (C=O) groups is 1. The molecule has 4 heterocycles. The van der Waals surface area contributed by atoms with Gasteiger partial charge in [0.2, 0.25) is 0 Å². The summed E-state index contributed by atoms with van der Waals surface area (Å²) in [5, 5.41) is 6.37. The van der Waals surface area contributed by atoms with Gasteiger partial charge in [0.15, 0.2) is 5.82 Å². The zero-order valence-corrected chi connectivity index (χ0v) is 14.2. The topological polar surface area (TPSA) is 84.2 Å². The molecule has 128 valence electrons. The van der Waals surface area contributed by atoms with Gasteiger partial charge in [-0.15, -0.1) is 0 Å². The normalized spacial score (nSPS) is 15.4. The maximum Gasteiger partial charge on any atom is 0.275 e. The number of imidazole rings is 1. The Kier molecular flexibility index (Phi) is 4.33. The Balaban J connectivity index is 1.65. The summed E-state index contributed by atoms with van der Waals surface area (Å²) in [6, 6.07) is 4.05. The number of rotatable bonds is 3. The lowest BCUT2D eigenvalue weighted by atomic mass is 9.91. The zero-order chi connectivity index (χ0) is 17.2. The van der Waals surface area contributed by atoms with Crippen molar-refractivity contribution in [2.45, 2.75) is 18.8 Å². The highest BCUT2D eigenvalue weighted by Crippen LogP contribution is 2.26. The van der Waals surface area contributed by atoms with Gasteiger partial charge in [-0.1, -0.05) is 17.7 Å². The van der Waals surface area contributed by atoms with Gasteiger partial charge in [-0.25, -0.2) is 15.0 Å². The highest BCUT2D eigenvalue weighted by Gasteiger charge is 2.18. The van der Waals surface area contributed by atoms with Crippen molar-refractivity contribution in [3.63, 3.8) is 0 Å². The zero-order valence-electron chi connectivity index (χ0n) is 13.4. The Morgan fingerprint density at radius 3 is 2.88 bits per heavy atom. The van der Waals surface area contributed by atoms with Crippen molar-refractivity contribution in [2.24, 2.45) is 0 Å². The summed E-state index contributed by atoms with van der Waals surface area (Å²) in [4.78, 5) is 24.7. The number of hydrogen-bond donors (Lipinski definition) is 2. The molecule has 8 heteroatoms. The molecule has 0 aliphatic carbocycles. The van der Waals surface area contributed by atoms with Crippen LogP contribution in [0.2, 0.25) is 5.02 Å². The lowest BCUT2D eigenvalue weighted by Crippen LogP contribution is -2.26. The second-order valence-electron chi connectivity index (χ2n) is 6.03. The molecule has 4 rings (SSSR count). The van der Waals surface area contributed by atoms with Crippen LogP contribution in [0.5, 0.6) is 0 Å². The smallest absolute Gasteiger partial charge is 0.275 e. The molecule has 0 atom stereocenters. The average Bonchev–Trinajstić information content (AvgIpc) is 3.07. The van der Waals surface area contributed by atoms with Gasteiger partial charge in [0, 0.05) is 6.20 Å². The minimum atomic E-state index is -0.310. The highest BCUT2D eigenvalue weighted by molar-refractivity contribution is 6.33. The number of anilines is 1. The Morgan fingerprint density at radius 2 is 2.08 bits per heavy atom. The van der Waals surface area contributed by atoms with Crippen molar-refractivity contribution >= 4 is 29.0 Å². The van der Waals surface area contributed by atoms with E-state index >= 15 is 0 Å². The summed E-state index contributed by atoms with van der Waals surface area (Å²) in [6.45, 7) is 2.04. The van der Waals surface area contributed by atoms with E-state index in [2.05, 4.69) is 31.7 Å². The summed E-state index contributed by atoms with van der Waals surface area (Å²) < 4.78 is 1.82. The molecule has 3 aromatic heterocycles. The quantitative estimate of drug-likeness (QED) is 0.753. The van der Waals surface area contributed by atoms with E-state index in [1.54, 1.807) is 6.20 Å². The molecule has 0 unspecified atom stereocenters. The second kappa shape index (κ2) is 6.78. The van der Waals surface area contributed by atoms with Crippen LogP contribution in [0.4, 0.5) is 5.82 Å². The molecule has 1 aliphatic rings. The standard InChI is InChI=1S/C17H17ClN6O/c18-13-7-20-10-22-16(13)23-17(25)14-8-21-15-2-1-12(9-24(14)15)11-3-5-19-6-4-11/h1-2,7-11,19H,3-6H2,(H,20,22,23,25). The minimum Gasteiger partial charge on any atom is -0.317 e. The fraction of sp³-hybridized carbons (Fsp3) is 0.294. The fourth-order valence-electron chi connectivity index (χ4n) is 3.14. The predicted molar refractivity (Wildman–Crippen MR) is 95.0 cm³/mol. The molecule has 1 amide bonds. The van der Waals surface area contributed by atoms with Crippen LogP contribution in [0.3, 0.4) is 0 Å². The molecule has 1 fully saturated rings. The number of nitrogens with zero attached hydrogens (tertiary/aromatic N) is 4. The third-order valence-corrected chi connectivity index (χ3v) is 4.75. The van der Waals surface area contributed by atoms with E-state index in [4.69, 9.17) is 11.6 Å². The number of aromatic nitrogens is 4. The summed E-state index contributed by atoms with van der Waals surface area (Å²) in [6.07, 6.45) is 8.54. The molecule has 0 spiro atoms. The largest absolute Gasteiger partial charge is 0.317 e. The van der Waals surface area contributed by atoms with Crippen molar-refractivity contribution in [2.75, 3.05) is 18.4 Å². The minimum absolute atomic E-state index is 0.283. The first-order valence-corrected chi connectivity index (χ1v) is 8.55. The van der Waals surface area contributed by atoms with Crippen LogP contribution in [0.25, 0.3) is 5.65 Å². The average molecular weight is 357 g/mol. The van der Waals surface area contributed by atoms with Crippen LogP contribution >= 0.6 is 11.6 Å². The second-order valence-corrected chi connectivity index (χ2v) is 6.44. The number of amides is 1. The van der Waals surface area contributed by atoms with Crippen molar-refractivity contribution in [1.82, 2.24) is 24.7 Å². The Bertz CT molecular complexity index is 918. The van der Waals surface area contributed by atoms with E-state index in [1.165, 1.54) is 18.1 Å². The van der Waals surface area contributed by atoms with Gasteiger partial charge < -0.3 is 10.6 Å². The molecule has 7 nitrogen and oxygen atoms in total. The predicted octanol–water partition coefficient (Wildman–Crippen LogP) is 2.50. The van der Waals surface area contributed by atoms with Crippen LogP contribution < -0.4 is 10.6 Å². The van der Waals surface area contributed by atoms with E-state index < -0.39 is 0 Å². The van der Waals surface area contributed by atoms with Crippen LogP contribution in [-0.4, -0.2) is 38.3 Å². The van der Waals surface area contributed by atoms with Crippen LogP contribution in [0.15, 0.2) is 37.1 Å². The summed E-state index contributed by atoms with van der Waals surface area (Å²) in [5.41, 5.74) is 2.40. The lowest BCUT2D eigenvalue weighted by Gasteiger charge is -2.23. The van der Waals surface area contributed by atoms with Crippen molar-refractivity contribution in [3.05, 3.63) is 53.3 Å². The molecule has 2 N–H and O–H groups in total. The summed E-state index contributed by atoms with van der Waals surface area (Å²) in [5.74, 6) is 0.474. The lowest BCUT2D eigenvalue weighted by molar-refractivity contribution is 0.102. The first kappa shape index (κ1) is 16.0. The first-order chi connectivity index (χ1) is 12.2. The number of halogens is 1. The third kappa shape index (κ3) is 3.20. The van der Waals surface area contributed by atoms with Gasteiger partial charge in [0.1, 0.15) is 22.7 Å². The van der Waals surface area contributed by atoms with Gasteiger partial charge >= 0.3 is 0 Å². The number of hydrogen-bond acceptors (Lipinski definition) is 5. The molecule has 1 saturated heterocycles. The van der Waals surface area contributed by atoms with E-state index in [9.17, 15) is 4.79 Å². The monoisotopic (exact) mass is 356 g/mol. The van der Waals surface area contributed by atoms with Crippen molar-refractivity contribution in [3.8, 4) is 0 Å². The van der Waals surface area contributed by atoms with E-state index in [0.717, 1.165) is 31.6 Å². The van der Waals surface area contributed by atoms with E-state index in [-0.39, 0.29) is 11.7 Å². The Hall–Kier alpha value is -2.51. The van der Waals surface area contributed by atoms with E-state index in [0.29, 0.717) is 16.6 Å². The first-order valence-electron chi connectivity index (χ1n) is 8.17. The van der Waals surface area contributed by atoms with Gasteiger partial charge in [-0.05, 0) is 43.5 Å². The van der Waals surface area contributed by atoms with Crippen LogP contribution in [0.1, 0.15) is 34.8 Å². The third-order valence-electron chi connectivity index (χ3n) is 4.47. The molecule has 25 heavy (non-hydrogen) atoms. The molecular weight excluding hydrogens is 340 g/mol. The maximum absolute atomic E-state index is 12.6. The van der Waals surface area contributed by atoms with Crippen molar-refractivity contribution < 1.29 is 4.79 Å². The van der Waals surface area contributed by atoms with Gasteiger partial charge in [0.25, 0.3) is 5.91 Å². The summed E-state index contributed by atoms with van der Waals surface area (Å²) in [7, 11) is 0. The number of nitrogens with one attached hydrogen (secondary N) is 2. The molecule has 0 radical (unpaired) electrons. The number of fused-ring (bicyclic) bond motifs is 1. The maximum atomic E-state index is 12.6. The fourth-order valence-corrected chi connectivity index (χ4v) is 3.29. The highest BCUT2D eigenvalue weighted by atomic mass is 35.5.